The molecule has 0 fully saturated rings. The summed E-state index contributed by atoms with van der Waals surface area (Å²) in [5.41, 5.74) is 0. The number of carbonyl (C=O) groups excluding carboxylic acids is 6. The first-order valence-electron chi connectivity index (χ1n) is 32.7. The molecule has 0 aromatic rings. The molecule has 0 N–H and O–H groups in total. The third-order valence-electron chi connectivity index (χ3n) is 14.9. The van der Waals surface area contributed by atoms with Crippen LogP contribution in [0.15, 0.2) is 0 Å². The minimum Gasteiger partial charge on any atom is -0.550 e. The van der Waals surface area contributed by atoms with Crippen molar-refractivity contribution in [2.45, 2.75) is 385 Å². The number of carboxylic acids is 3. The van der Waals surface area contributed by atoms with Crippen LogP contribution in [0.1, 0.15) is 387 Å². The number of aliphatic carboxylic acids is 3. The van der Waals surface area contributed by atoms with Gasteiger partial charge in [-0.05, 0) is 57.8 Å². The second kappa shape index (κ2) is 77.4. The molecule has 9 nitrogen and oxygen atoms in total. The monoisotopic (exact) mass is 1080 g/mol. The van der Waals surface area contributed by atoms with Crippen LogP contribution in [0.25, 0.3) is 0 Å². The maximum atomic E-state index is 10.3. The zero-order valence-corrected chi connectivity index (χ0v) is 51.5. The summed E-state index contributed by atoms with van der Waals surface area (Å²) in [6.07, 6.45) is 74.5. The molecule has 0 spiro atoms. The normalized spacial score (nSPS) is 10.7. The van der Waals surface area contributed by atoms with Gasteiger partial charge in [-0.3, -0.25) is 0 Å². The first-order chi connectivity index (χ1) is 36.8. The average Bonchev–Trinajstić information content (AvgIpc) is 3.39. The van der Waals surface area contributed by atoms with E-state index in [-0.39, 0.29) is 43.7 Å². The fourth-order valence-corrected chi connectivity index (χ4v) is 9.98. The predicted octanol–water partition coefficient (Wildman–Crippen LogP) is 16.9. The Morgan fingerprint density at radius 1 is 0.197 bits per heavy atom. The van der Waals surface area contributed by atoms with Gasteiger partial charge in [-0.2, -0.15) is 0 Å². The molecule has 76 heavy (non-hydrogen) atoms. The van der Waals surface area contributed by atoms with Gasteiger partial charge >= 0.3 is 24.5 Å². The molecule has 0 heterocycles. The Kier molecular flexibility index (Phi) is 82.2. The Bertz CT molecular complexity index is 1020. The maximum absolute atomic E-state index is 10.3. The van der Waals surface area contributed by atoms with Gasteiger partial charge in [0.05, 0.1) is 0 Å². The van der Waals surface area contributed by atoms with Crippen molar-refractivity contribution < 1.29 is 45.5 Å². The Labute approximate surface area is 488 Å². The standard InChI is InChI=1S/3C22H42O3.Mg/c3*23-21-19-17-15-13-11-9-7-5-3-1-2-4-6-8-10-12-14-16-18-20-22(24)25;/h3*21H,1-20H2,(H,24,25);/q;;;+2/p-2. The van der Waals surface area contributed by atoms with E-state index < -0.39 is 17.9 Å². The van der Waals surface area contributed by atoms with E-state index in [1.165, 1.54) is 289 Å². The molecule has 444 valence electrons. The second-order valence-corrected chi connectivity index (χ2v) is 22.3. The van der Waals surface area contributed by atoms with Gasteiger partial charge in [0.2, 0.25) is 0 Å². The number of carbonyl (C=O) groups is 6. The van der Waals surface area contributed by atoms with Crippen LogP contribution in [0.5, 0.6) is 0 Å². The van der Waals surface area contributed by atoms with Crippen molar-refractivity contribution in [3.05, 3.63) is 0 Å². The van der Waals surface area contributed by atoms with Crippen molar-refractivity contribution in [3.63, 3.8) is 0 Å². The summed E-state index contributed by atoms with van der Waals surface area (Å²) in [7, 11) is 0. The van der Waals surface area contributed by atoms with Gasteiger partial charge in [0.15, 0.2) is 0 Å². The molecule has 0 rings (SSSR count). The van der Waals surface area contributed by atoms with Gasteiger partial charge in [-0.1, -0.05) is 308 Å². The van der Waals surface area contributed by atoms with Gasteiger partial charge in [0, 0.05) is 37.2 Å². The molecule has 0 saturated carbocycles. The molecular weight excluding hydrogens is 961 g/mol. The fraction of sp³-hybridized carbons (Fsp3) is 0.909. The molecule has 0 aliphatic carbocycles. The summed E-state index contributed by atoms with van der Waals surface area (Å²) in [6.45, 7) is 0. The minimum atomic E-state index is -0.911. The number of hydrogen-bond acceptors (Lipinski definition) is 9. The van der Waals surface area contributed by atoms with E-state index in [2.05, 4.69) is 0 Å². The van der Waals surface area contributed by atoms with E-state index in [1.54, 1.807) is 0 Å². The summed E-state index contributed by atoms with van der Waals surface area (Å²) >= 11 is 0. The zero-order chi connectivity index (χ0) is 55.3. The van der Waals surface area contributed by atoms with Crippen LogP contribution in [0.3, 0.4) is 0 Å². The largest absolute Gasteiger partial charge is 2.00 e. The maximum Gasteiger partial charge on any atom is 2.00 e. The zero-order valence-electron chi connectivity index (χ0n) is 51.0. The van der Waals surface area contributed by atoms with Gasteiger partial charge in [-0.15, -0.1) is 0 Å². The van der Waals surface area contributed by atoms with Gasteiger partial charge in [0.1, 0.15) is 18.9 Å². The van der Waals surface area contributed by atoms with Crippen LogP contribution in [0, 0.1) is 0 Å². The van der Waals surface area contributed by atoms with Crippen LogP contribution in [-0.4, -0.2) is 59.8 Å². The van der Waals surface area contributed by atoms with Crippen LogP contribution >= 0.6 is 0 Å². The van der Waals surface area contributed by atoms with Crippen molar-refractivity contribution in [3.8, 4) is 0 Å². The third-order valence-corrected chi connectivity index (χ3v) is 14.9. The molecule has 10 heteroatoms. The molecule has 0 unspecified atom stereocenters. The fourth-order valence-electron chi connectivity index (χ4n) is 9.98. The Balaban J connectivity index is -0.000000332. The molecule has 0 bridgehead atoms. The Morgan fingerprint density at radius 2 is 0.289 bits per heavy atom. The molecule has 0 radical (unpaired) electrons. The Morgan fingerprint density at radius 3 is 0.382 bits per heavy atom. The molecule has 0 aromatic carbocycles. The molecule has 0 saturated heterocycles. The van der Waals surface area contributed by atoms with Crippen molar-refractivity contribution in [1.29, 1.82) is 0 Å². The van der Waals surface area contributed by atoms with Crippen LogP contribution in [0.4, 0.5) is 0 Å². The first kappa shape index (κ1) is 80.7. The third kappa shape index (κ3) is 88.8. The number of aldehydes is 3. The summed E-state index contributed by atoms with van der Waals surface area (Å²) in [5, 5.41) is 30.8. The molecule has 0 amide bonds. The van der Waals surface area contributed by atoms with Crippen LogP contribution in [-0.2, 0) is 28.8 Å². The van der Waals surface area contributed by atoms with Crippen LogP contribution < -0.4 is 15.3 Å². The minimum absolute atomic E-state index is 0. The van der Waals surface area contributed by atoms with Crippen LogP contribution in [0.2, 0.25) is 0 Å². The second-order valence-electron chi connectivity index (χ2n) is 22.3. The van der Waals surface area contributed by atoms with E-state index in [0.29, 0.717) is 0 Å². The van der Waals surface area contributed by atoms with E-state index in [4.69, 9.17) is 0 Å². The quantitative estimate of drug-likeness (QED) is 0.0326. The van der Waals surface area contributed by atoms with E-state index in [1.807, 2.05) is 0 Å². The first-order valence-corrected chi connectivity index (χ1v) is 32.7. The Hall–Kier alpha value is -1.81. The van der Waals surface area contributed by atoms with Gasteiger partial charge in [0.25, 0.3) is 0 Å². The molecular formula is C66H124MgO9. The summed E-state index contributed by atoms with van der Waals surface area (Å²) in [5.74, 6) is -2.73. The molecule has 0 aromatic heterocycles. The number of unbranched alkanes of at least 4 members (excludes halogenated alkanes) is 54. The SMILES string of the molecule is O=CCCCCCCCCCCCCCCCCCCCCC(=O)[O-].O=CCCCCCCCCCCCCCCCCCCCCC(=O)[O-].O=CCCCCCCCCCCCCCCCCCCCCC(=O)[O-].[H+].[Mg+2]. The van der Waals surface area contributed by atoms with Crippen molar-refractivity contribution in [2.24, 2.45) is 0 Å². The topological polar surface area (TPSA) is 172 Å². The predicted molar refractivity (Wildman–Crippen MR) is 317 cm³/mol. The number of rotatable bonds is 63. The summed E-state index contributed by atoms with van der Waals surface area (Å²) in [4.78, 5) is 61.4. The molecule has 0 atom stereocenters. The summed E-state index contributed by atoms with van der Waals surface area (Å²) in [6, 6.07) is 0. The average molecular weight is 1090 g/mol. The van der Waals surface area contributed by atoms with E-state index in [0.717, 1.165) is 95.9 Å². The van der Waals surface area contributed by atoms with E-state index in [9.17, 15) is 44.1 Å². The van der Waals surface area contributed by atoms with Gasteiger partial charge < -0.3 is 44.1 Å². The molecule has 0 aliphatic rings. The number of hydrogen-bond donors (Lipinski definition) is 0. The van der Waals surface area contributed by atoms with E-state index >= 15 is 0 Å². The van der Waals surface area contributed by atoms with Crippen molar-refractivity contribution in [2.75, 3.05) is 0 Å². The van der Waals surface area contributed by atoms with Crippen molar-refractivity contribution in [1.82, 2.24) is 0 Å². The van der Waals surface area contributed by atoms with Gasteiger partial charge in [-0.25, -0.2) is 0 Å². The summed E-state index contributed by atoms with van der Waals surface area (Å²) < 4.78 is 0. The van der Waals surface area contributed by atoms with Crippen molar-refractivity contribution >= 4 is 59.8 Å². The molecule has 0 aliphatic heterocycles. The number of carboxylic acid groups (broad SMARTS) is 3. The smallest absolute Gasteiger partial charge is 0.550 e.